The van der Waals surface area contributed by atoms with Crippen LogP contribution in [0.25, 0.3) is 0 Å². The Balaban J connectivity index is 1.50. The first-order chi connectivity index (χ1) is 28.7. The van der Waals surface area contributed by atoms with Gasteiger partial charge >= 0.3 is 0 Å². The Morgan fingerprint density at radius 1 is 0.667 bits per heavy atom. The van der Waals surface area contributed by atoms with Crippen molar-refractivity contribution < 1.29 is 46.2 Å². The number of nitrogens with one attached hydrogen (secondary N) is 2. The zero-order valence-corrected chi connectivity index (χ0v) is 33.0. The second kappa shape index (κ2) is 20.0. The number of anilines is 2. The number of aromatic nitrogens is 2. The zero-order chi connectivity index (χ0) is 43.5. The molecule has 1 heterocycles. The largest absolute Gasteiger partial charge is 0.497 e. The van der Waals surface area contributed by atoms with Crippen molar-refractivity contribution in [1.29, 1.82) is 0 Å². The van der Waals surface area contributed by atoms with Crippen molar-refractivity contribution in [3.8, 4) is 11.5 Å². The summed E-state index contributed by atoms with van der Waals surface area (Å²) >= 11 is 0. The van der Waals surface area contributed by atoms with Crippen LogP contribution in [0, 0.1) is 23.3 Å². The maximum Gasteiger partial charge on any atom is 0.272 e. The minimum atomic E-state index is -1.48. The Labute approximate surface area is 343 Å². The fraction of sp³-hybridized carbons (Fsp3) is 0.205. The van der Waals surface area contributed by atoms with E-state index in [4.69, 9.17) is 9.47 Å². The highest BCUT2D eigenvalue weighted by molar-refractivity contribution is 6.09. The lowest BCUT2D eigenvalue weighted by atomic mass is 10.0. The first-order valence-electron chi connectivity index (χ1n) is 18.4. The lowest BCUT2D eigenvalue weighted by Gasteiger charge is -2.28. The Morgan fingerprint density at radius 2 is 1.05 bits per heavy atom. The Bertz CT molecular complexity index is 2330. The minimum Gasteiger partial charge on any atom is -0.497 e. The predicted octanol–water partition coefficient (Wildman–Crippen LogP) is 6.11. The molecule has 0 unspecified atom stereocenters. The fourth-order valence-electron chi connectivity index (χ4n) is 6.45. The number of hydrogen-bond donors (Lipinski definition) is 2. The number of carbonyl (C=O) groups is 4. The first-order valence-corrected chi connectivity index (χ1v) is 18.4. The van der Waals surface area contributed by atoms with Crippen LogP contribution in [-0.2, 0) is 29.5 Å². The smallest absolute Gasteiger partial charge is 0.272 e. The molecule has 0 aliphatic carbocycles. The SMILES string of the molecule is C=CCN(C(=O)[C@H](Cc1cc(F)cc(F)c1)NC(=O)c1ncn(C)c1C(=O)N[C@@H](Cc1cc(F)cc(F)c1)C(=O)N(CC=C)c1ccc(OC)cc1)c1ccc(OC)cc1. The molecule has 2 atom stereocenters. The summed E-state index contributed by atoms with van der Waals surface area (Å²) in [6.07, 6.45) is 3.29. The van der Waals surface area contributed by atoms with Gasteiger partial charge in [-0.25, -0.2) is 22.5 Å². The molecule has 4 aromatic carbocycles. The molecule has 5 aromatic rings. The van der Waals surface area contributed by atoms with Crippen LogP contribution in [0.2, 0.25) is 0 Å². The highest BCUT2D eigenvalue weighted by Gasteiger charge is 2.33. The van der Waals surface area contributed by atoms with E-state index >= 15 is 0 Å². The van der Waals surface area contributed by atoms with Crippen LogP contribution < -0.4 is 29.9 Å². The topological polar surface area (TPSA) is 135 Å². The van der Waals surface area contributed by atoms with Crippen LogP contribution in [0.15, 0.2) is 117 Å². The van der Waals surface area contributed by atoms with Gasteiger partial charge in [-0.15, -0.1) is 13.2 Å². The van der Waals surface area contributed by atoms with Crippen molar-refractivity contribution in [2.24, 2.45) is 7.05 Å². The van der Waals surface area contributed by atoms with Crippen LogP contribution in [0.5, 0.6) is 11.5 Å². The molecule has 60 heavy (non-hydrogen) atoms. The zero-order valence-electron chi connectivity index (χ0n) is 33.0. The number of amides is 4. The molecule has 1 aromatic heterocycles. The van der Waals surface area contributed by atoms with Gasteiger partial charge in [-0.1, -0.05) is 12.2 Å². The quantitative estimate of drug-likeness (QED) is 0.0804. The van der Waals surface area contributed by atoms with Crippen molar-refractivity contribution in [3.63, 3.8) is 0 Å². The van der Waals surface area contributed by atoms with Gasteiger partial charge in [0.1, 0.15) is 52.5 Å². The number of hydrogen-bond acceptors (Lipinski definition) is 7. The van der Waals surface area contributed by atoms with Gasteiger partial charge in [0, 0.05) is 56.5 Å². The molecule has 4 amide bonds. The molecular formula is C44H42F4N6O6. The molecule has 0 saturated carbocycles. The molecule has 0 bridgehead atoms. The minimum absolute atomic E-state index is 0.0293. The van der Waals surface area contributed by atoms with Crippen molar-refractivity contribution in [1.82, 2.24) is 20.2 Å². The number of aryl methyl sites for hydroxylation is 1. The van der Waals surface area contributed by atoms with Gasteiger partial charge < -0.3 is 34.5 Å². The van der Waals surface area contributed by atoms with E-state index in [1.165, 1.54) is 47.8 Å². The van der Waals surface area contributed by atoms with E-state index in [9.17, 15) is 36.7 Å². The van der Waals surface area contributed by atoms with Crippen molar-refractivity contribution in [2.45, 2.75) is 24.9 Å². The summed E-state index contributed by atoms with van der Waals surface area (Å²) in [6, 6.07) is 15.3. The van der Waals surface area contributed by atoms with E-state index in [1.54, 1.807) is 48.5 Å². The molecule has 0 saturated heterocycles. The monoisotopic (exact) mass is 826 g/mol. The number of halogens is 4. The number of rotatable bonds is 18. The third-order valence-corrected chi connectivity index (χ3v) is 9.22. The molecule has 16 heteroatoms. The number of methoxy groups -OCH3 is 2. The first kappa shape index (κ1) is 43.9. The lowest BCUT2D eigenvalue weighted by Crippen LogP contribution is -2.51. The summed E-state index contributed by atoms with van der Waals surface area (Å²) < 4.78 is 69.1. The van der Waals surface area contributed by atoms with Crippen LogP contribution >= 0.6 is 0 Å². The third-order valence-electron chi connectivity index (χ3n) is 9.22. The van der Waals surface area contributed by atoms with E-state index in [0.29, 0.717) is 35.0 Å². The lowest BCUT2D eigenvalue weighted by molar-refractivity contribution is -0.121. The molecule has 2 N–H and O–H groups in total. The molecule has 0 aliphatic rings. The number of carbonyl (C=O) groups excluding carboxylic acids is 4. The van der Waals surface area contributed by atoms with Crippen LogP contribution in [-0.4, -0.2) is 72.6 Å². The summed E-state index contributed by atoms with van der Waals surface area (Å²) in [6.45, 7) is 7.40. The summed E-state index contributed by atoms with van der Waals surface area (Å²) in [5, 5.41) is 5.20. The van der Waals surface area contributed by atoms with Crippen LogP contribution in [0.3, 0.4) is 0 Å². The van der Waals surface area contributed by atoms with E-state index in [-0.39, 0.29) is 42.8 Å². The molecule has 312 valence electrons. The van der Waals surface area contributed by atoms with E-state index < -0.39 is 64.7 Å². The third kappa shape index (κ3) is 10.8. The van der Waals surface area contributed by atoms with Gasteiger partial charge in [0.25, 0.3) is 11.8 Å². The molecule has 0 fully saturated rings. The van der Waals surface area contributed by atoms with Crippen molar-refractivity contribution in [3.05, 3.63) is 162 Å². The van der Waals surface area contributed by atoms with Crippen molar-refractivity contribution in [2.75, 3.05) is 37.1 Å². The average Bonchev–Trinajstić information content (AvgIpc) is 3.61. The maximum absolute atomic E-state index is 14.4. The normalized spacial score (nSPS) is 11.8. The van der Waals surface area contributed by atoms with Gasteiger partial charge in [-0.05, 0) is 83.9 Å². The van der Waals surface area contributed by atoms with Gasteiger partial charge in [0.05, 0.1) is 20.5 Å². The van der Waals surface area contributed by atoms with Crippen LogP contribution in [0.4, 0.5) is 28.9 Å². The predicted molar refractivity (Wildman–Crippen MR) is 217 cm³/mol. The number of imidazole rings is 1. The fourth-order valence-corrected chi connectivity index (χ4v) is 6.45. The van der Waals surface area contributed by atoms with E-state index in [0.717, 1.165) is 30.6 Å². The maximum atomic E-state index is 14.4. The highest BCUT2D eigenvalue weighted by Crippen LogP contribution is 2.24. The molecule has 12 nitrogen and oxygen atoms in total. The Morgan fingerprint density at radius 3 is 1.42 bits per heavy atom. The van der Waals surface area contributed by atoms with E-state index in [1.807, 2.05) is 0 Å². The average molecular weight is 827 g/mol. The van der Waals surface area contributed by atoms with Crippen molar-refractivity contribution >= 4 is 35.0 Å². The highest BCUT2D eigenvalue weighted by atomic mass is 19.1. The van der Waals surface area contributed by atoms with Gasteiger partial charge in [0.2, 0.25) is 11.8 Å². The number of nitrogens with zero attached hydrogens (tertiary/aromatic N) is 4. The molecule has 0 aliphatic heterocycles. The Hall–Kier alpha value is -7.23. The van der Waals surface area contributed by atoms with Crippen LogP contribution in [0.1, 0.15) is 32.1 Å². The number of benzene rings is 4. The molecule has 0 radical (unpaired) electrons. The second-order valence-electron chi connectivity index (χ2n) is 13.4. The summed E-state index contributed by atoms with van der Waals surface area (Å²) in [7, 11) is 4.36. The Kier molecular flexibility index (Phi) is 14.6. The summed E-state index contributed by atoms with van der Waals surface area (Å²) in [5.41, 5.74) is 0.0286. The second-order valence-corrected chi connectivity index (χ2v) is 13.4. The molecular weight excluding hydrogens is 785 g/mol. The summed E-state index contributed by atoms with van der Waals surface area (Å²) in [4.78, 5) is 63.7. The molecule has 5 rings (SSSR count). The number of ether oxygens (including phenoxy) is 2. The van der Waals surface area contributed by atoms with Gasteiger partial charge in [0.15, 0.2) is 5.69 Å². The standard InChI is InChI=1S/C44H42F4N6O6/c1-6-16-53(33-8-12-35(59-4)13-9-33)43(57)37(22-27-18-29(45)24-30(46)19-27)50-41(55)39-40(52(3)26-49-39)42(56)51-38(23-28-20-31(47)25-32(48)21-28)44(58)54(17-7-2)34-10-14-36(60-5)15-11-34/h6-15,18-21,24-26,37-38H,1-2,16-17,22-23H2,3-5H3,(H,50,55)(H,51,56)/t37-,38-/m0/s1. The van der Waals surface area contributed by atoms with E-state index in [2.05, 4.69) is 28.8 Å². The van der Waals surface area contributed by atoms with Gasteiger partial charge in [-0.2, -0.15) is 0 Å². The van der Waals surface area contributed by atoms with Gasteiger partial charge in [-0.3, -0.25) is 19.2 Å². The molecule has 0 spiro atoms. The summed E-state index contributed by atoms with van der Waals surface area (Å²) in [5.74, 6) is -6.02.